The van der Waals surface area contributed by atoms with Gasteiger partial charge in [-0.15, -0.1) is 0 Å². The Morgan fingerprint density at radius 2 is 1.74 bits per heavy atom. The van der Waals surface area contributed by atoms with E-state index in [-0.39, 0.29) is 11.6 Å². The second kappa shape index (κ2) is 10.9. The quantitative estimate of drug-likeness (QED) is 0.264. The highest BCUT2D eigenvalue weighted by Crippen LogP contribution is 2.31. The molecule has 10 heteroatoms. The van der Waals surface area contributed by atoms with Crippen molar-refractivity contribution in [1.82, 2.24) is 5.32 Å². The Hall–Kier alpha value is -4.08. The normalized spacial score (nSPS) is 12.9. The molecule has 0 saturated heterocycles. The van der Waals surface area contributed by atoms with Gasteiger partial charge in [0.15, 0.2) is 0 Å². The minimum absolute atomic E-state index is 0.258. The van der Waals surface area contributed by atoms with Crippen LogP contribution in [-0.4, -0.2) is 31.4 Å². The van der Waals surface area contributed by atoms with Crippen molar-refractivity contribution in [3.63, 3.8) is 0 Å². The van der Waals surface area contributed by atoms with Crippen LogP contribution in [0.3, 0.4) is 0 Å². The van der Waals surface area contributed by atoms with E-state index >= 15 is 0 Å². The molecule has 0 radical (unpaired) electrons. The number of benzene rings is 3. The molecule has 3 N–H and O–H groups in total. The number of ether oxygens (including phenoxy) is 2. The zero-order valence-electron chi connectivity index (χ0n) is 18.8. The Labute approximate surface area is 199 Å². The first-order chi connectivity index (χ1) is 16.6. The number of halogens is 4. The summed E-state index contributed by atoms with van der Waals surface area (Å²) in [6.45, 7) is 1.40. The summed E-state index contributed by atoms with van der Waals surface area (Å²) in [7, 11) is 1.45. The molecule has 0 fully saturated rings. The third kappa shape index (κ3) is 6.72. The summed E-state index contributed by atoms with van der Waals surface area (Å²) >= 11 is 0. The van der Waals surface area contributed by atoms with Gasteiger partial charge >= 0.3 is 12.1 Å². The van der Waals surface area contributed by atoms with E-state index in [1.165, 1.54) is 44.4 Å². The maximum absolute atomic E-state index is 13.2. The van der Waals surface area contributed by atoms with E-state index in [1.807, 2.05) is 5.32 Å². The Balaban J connectivity index is 1.90. The molecule has 1 unspecified atom stereocenters. The van der Waals surface area contributed by atoms with Crippen molar-refractivity contribution in [3.05, 3.63) is 83.7 Å². The standard InChI is InChI=1S/C25H23F4N3O3/c1-15(31-24(33)25(27,28)29)23(16-4-3-5-20(12-16)34-2)35-21-10-11-22(17(13-21)14-30)32-19-8-6-18(26)7-9-19/h3-15,23,30,32H,1-2H3,(H,31,33)/t15?,23-/m0/s1. The van der Waals surface area contributed by atoms with Crippen molar-refractivity contribution in [2.24, 2.45) is 0 Å². The second-order valence-electron chi connectivity index (χ2n) is 7.60. The molecule has 2 atom stereocenters. The average molecular weight is 489 g/mol. The lowest BCUT2D eigenvalue weighted by molar-refractivity contribution is -0.174. The molecule has 0 aliphatic rings. The van der Waals surface area contributed by atoms with E-state index in [0.717, 1.165) is 6.21 Å². The summed E-state index contributed by atoms with van der Waals surface area (Å²) in [5, 5.41) is 12.8. The van der Waals surface area contributed by atoms with Crippen LogP contribution >= 0.6 is 0 Å². The Morgan fingerprint density at radius 3 is 2.37 bits per heavy atom. The zero-order chi connectivity index (χ0) is 25.6. The van der Waals surface area contributed by atoms with Crippen molar-refractivity contribution in [2.45, 2.75) is 25.2 Å². The van der Waals surface area contributed by atoms with Crippen molar-refractivity contribution in [3.8, 4) is 11.5 Å². The lowest BCUT2D eigenvalue weighted by Gasteiger charge is -2.27. The van der Waals surface area contributed by atoms with Crippen LogP contribution in [0.4, 0.5) is 28.9 Å². The van der Waals surface area contributed by atoms with Gasteiger partial charge in [0.2, 0.25) is 0 Å². The second-order valence-corrected chi connectivity index (χ2v) is 7.60. The molecule has 0 heterocycles. The van der Waals surface area contributed by atoms with Crippen LogP contribution in [0, 0.1) is 11.2 Å². The Kier molecular flexibility index (Phi) is 7.95. The Morgan fingerprint density at radius 1 is 1.03 bits per heavy atom. The van der Waals surface area contributed by atoms with Gasteiger partial charge in [0.05, 0.1) is 13.2 Å². The van der Waals surface area contributed by atoms with Crippen LogP contribution in [0.15, 0.2) is 66.7 Å². The summed E-state index contributed by atoms with van der Waals surface area (Å²) in [6.07, 6.45) is -4.98. The number of nitrogens with one attached hydrogen (secondary N) is 3. The molecule has 0 aromatic heterocycles. The minimum atomic E-state index is -5.05. The maximum atomic E-state index is 13.2. The molecule has 6 nitrogen and oxygen atoms in total. The highest BCUT2D eigenvalue weighted by Gasteiger charge is 2.40. The van der Waals surface area contributed by atoms with Crippen LogP contribution in [0.1, 0.15) is 24.2 Å². The summed E-state index contributed by atoms with van der Waals surface area (Å²) < 4.78 is 62.9. The lowest BCUT2D eigenvalue weighted by Crippen LogP contribution is -2.45. The minimum Gasteiger partial charge on any atom is -0.497 e. The molecule has 0 saturated carbocycles. The lowest BCUT2D eigenvalue weighted by atomic mass is 10.0. The monoisotopic (exact) mass is 489 g/mol. The molecular formula is C25H23F4N3O3. The largest absolute Gasteiger partial charge is 0.497 e. The van der Waals surface area contributed by atoms with Crippen molar-refractivity contribution < 1.29 is 31.8 Å². The predicted molar refractivity (Wildman–Crippen MR) is 124 cm³/mol. The third-order valence-corrected chi connectivity index (χ3v) is 5.06. The highest BCUT2D eigenvalue weighted by molar-refractivity contribution is 5.88. The smallest absolute Gasteiger partial charge is 0.471 e. The molecule has 35 heavy (non-hydrogen) atoms. The van der Waals surface area contributed by atoms with Gasteiger partial charge in [-0.05, 0) is 67.1 Å². The fraction of sp³-hybridized carbons (Fsp3) is 0.200. The van der Waals surface area contributed by atoms with Crippen LogP contribution in [0.25, 0.3) is 0 Å². The molecule has 184 valence electrons. The number of carbonyl (C=O) groups excluding carboxylic acids is 1. The van der Waals surface area contributed by atoms with Crippen molar-refractivity contribution >= 4 is 23.5 Å². The highest BCUT2D eigenvalue weighted by atomic mass is 19.4. The van der Waals surface area contributed by atoms with Gasteiger partial charge in [0.25, 0.3) is 0 Å². The van der Waals surface area contributed by atoms with E-state index in [4.69, 9.17) is 14.9 Å². The van der Waals surface area contributed by atoms with Crippen LogP contribution in [0.2, 0.25) is 0 Å². The van der Waals surface area contributed by atoms with Crippen LogP contribution < -0.4 is 20.1 Å². The van der Waals surface area contributed by atoms with E-state index in [1.54, 1.807) is 36.4 Å². The number of rotatable bonds is 9. The molecule has 0 bridgehead atoms. The van der Waals surface area contributed by atoms with Crippen molar-refractivity contribution in [2.75, 3.05) is 12.4 Å². The number of hydrogen-bond donors (Lipinski definition) is 3. The first kappa shape index (κ1) is 25.5. The fourth-order valence-electron chi connectivity index (χ4n) is 3.32. The van der Waals surface area contributed by atoms with Gasteiger partial charge in [-0.2, -0.15) is 13.2 Å². The summed E-state index contributed by atoms with van der Waals surface area (Å²) in [5.74, 6) is -1.75. The van der Waals surface area contributed by atoms with Gasteiger partial charge in [0, 0.05) is 23.2 Å². The van der Waals surface area contributed by atoms with Crippen LogP contribution in [0.5, 0.6) is 11.5 Å². The molecular weight excluding hydrogens is 466 g/mol. The molecule has 0 aliphatic carbocycles. The Bertz CT molecular complexity index is 1180. The van der Waals surface area contributed by atoms with Crippen molar-refractivity contribution in [1.29, 1.82) is 5.41 Å². The molecule has 1 amide bonds. The molecule has 3 aromatic carbocycles. The van der Waals surface area contributed by atoms with E-state index in [2.05, 4.69) is 5.32 Å². The zero-order valence-corrected chi connectivity index (χ0v) is 18.8. The summed E-state index contributed by atoms with van der Waals surface area (Å²) in [4.78, 5) is 11.5. The summed E-state index contributed by atoms with van der Waals surface area (Å²) in [6, 6.07) is 15.9. The molecule has 0 aliphatic heterocycles. The molecule has 0 spiro atoms. The molecule has 3 aromatic rings. The van der Waals surface area contributed by atoms with E-state index in [9.17, 15) is 22.4 Å². The first-order valence-corrected chi connectivity index (χ1v) is 10.5. The SMILES string of the molecule is COc1cccc([C@@H](Oc2ccc(Nc3ccc(F)cc3)c(C=N)c2)C(C)NC(=O)C(F)(F)F)c1. The van der Waals surface area contributed by atoms with Gasteiger partial charge in [0.1, 0.15) is 23.4 Å². The number of carbonyl (C=O) groups is 1. The summed E-state index contributed by atoms with van der Waals surface area (Å²) in [5.41, 5.74) is 2.03. The number of hydrogen-bond acceptors (Lipinski definition) is 5. The number of methoxy groups -OCH3 is 1. The van der Waals surface area contributed by atoms with Gasteiger partial charge in [-0.3, -0.25) is 4.79 Å². The first-order valence-electron chi connectivity index (χ1n) is 10.5. The third-order valence-electron chi connectivity index (χ3n) is 5.06. The maximum Gasteiger partial charge on any atom is 0.471 e. The number of alkyl halides is 3. The molecule has 3 rings (SSSR count). The van der Waals surface area contributed by atoms with Gasteiger partial charge in [-0.1, -0.05) is 12.1 Å². The average Bonchev–Trinajstić information content (AvgIpc) is 2.83. The van der Waals surface area contributed by atoms with Gasteiger partial charge < -0.3 is 25.5 Å². The number of anilines is 2. The fourth-order valence-corrected chi connectivity index (χ4v) is 3.32. The number of amides is 1. The topological polar surface area (TPSA) is 83.4 Å². The van der Waals surface area contributed by atoms with Gasteiger partial charge in [-0.25, -0.2) is 4.39 Å². The van der Waals surface area contributed by atoms with Crippen LogP contribution in [-0.2, 0) is 4.79 Å². The van der Waals surface area contributed by atoms with E-state index in [0.29, 0.717) is 28.3 Å². The van der Waals surface area contributed by atoms with E-state index < -0.39 is 24.2 Å². The predicted octanol–water partition coefficient (Wildman–Crippen LogP) is 5.76.